The summed E-state index contributed by atoms with van der Waals surface area (Å²) in [7, 11) is 0. The Hall–Kier alpha value is -2.19. The van der Waals surface area contributed by atoms with Crippen molar-refractivity contribution in [1.29, 1.82) is 0 Å². The maximum absolute atomic E-state index is 13.9. The highest BCUT2D eigenvalue weighted by Crippen LogP contribution is 2.32. The topological polar surface area (TPSA) is 26.0 Å². The van der Waals surface area contributed by atoms with E-state index >= 15 is 0 Å². The second kappa shape index (κ2) is 5.06. The van der Waals surface area contributed by atoms with Crippen molar-refractivity contribution < 1.29 is 4.39 Å². The second-order valence-electron chi connectivity index (χ2n) is 4.99. The Balaban J connectivity index is 2.27. The largest absolute Gasteiger partial charge is 0.326 e. The lowest BCUT2D eigenvalue weighted by molar-refractivity contribution is 0.640. The Labute approximate surface area is 117 Å². The summed E-state index contributed by atoms with van der Waals surface area (Å²) in [5.41, 5.74) is 10.1. The fraction of sp³-hybridized carbons (Fsp3) is 0.111. The van der Waals surface area contributed by atoms with Crippen molar-refractivity contribution >= 4 is 10.8 Å². The van der Waals surface area contributed by atoms with Crippen LogP contribution in [-0.2, 0) is 6.54 Å². The molecule has 0 unspecified atom stereocenters. The van der Waals surface area contributed by atoms with Crippen molar-refractivity contribution in [3.8, 4) is 11.1 Å². The lowest BCUT2D eigenvalue weighted by atomic mass is 9.94. The van der Waals surface area contributed by atoms with Crippen LogP contribution in [0.15, 0.2) is 54.6 Å². The van der Waals surface area contributed by atoms with Crippen LogP contribution in [0.2, 0.25) is 0 Å². The molecule has 3 aromatic rings. The van der Waals surface area contributed by atoms with Crippen LogP contribution >= 0.6 is 0 Å². The molecule has 0 bridgehead atoms. The molecule has 2 N–H and O–H groups in total. The Morgan fingerprint density at radius 1 is 0.900 bits per heavy atom. The molecule has 0 heterocycles. The Kier molecular flexibility index (Phi) is 3.25. The number of halogens is 1. The summed E-state index contributed by atoms with van der Waals surface area (Å²) in [6.07, 6.45) is 0. The van der Waals surface area contributed by atoms with Crippen LogP contribution in [0.1, 0.15) is 11.1 Å². The fourth-order valence-electron chi connectivity index (χ4n) is 2.65. The van der Waals surface area contributed by atoms with E-state index in [1.807, 2.05) is 36.4 Å². The predicted molar refractivity (Wildman–Crippen MR) is 82.0 cm³/mol. The van der Waals surface area contributed by atoms with Gasteiger partial charge in [-0.25, -0.2) is 4.39 Å². The lowest BCUT2D eigenvalue weighted by Gasteiger charge is -2.11. The highest BCUT2D eigenvalue weighted by molar-refractivity contribution is 5.97. The van der Waals surface area contributed by atoms with Crippen LogP contribution in [0.3, 0.4) is 0 Å². The molecule has 2 heteroatoms. The van der Waals surface area contributed by atoms with Crippen LogP contribution in [0, 0.1) is 12.7 Å². The zero-order valence-corrected chi connectivity index (χ0v) is 11.4. The summed E-state index contributed by atoms with van der Waals surface area (Å²) in [5, 5.41) is 1.60. The third-order valence-electron chi connectivity index (χ3n) is 3.69. The number of rotatable bonds is 2. The number of fused-ring (bicyclic) bond motifs is 1. The van der Waals surface area contributed by atoms with E-state index in [4.69, 9.17) is 5.73 Å². The number of nitrogens with two attached hydrogens (primary N) is 1. The van der Waals surface area contributed by atoms with Crippen LogP contribution in [0.25, 0.3) is 21.9 Å². The highest BCUT2D eigenvalue weighted by atomic mass is 19.1. The summed E-state index contributed by atoms with van der Waals surface area (Å²) >= 11 is 0. The first-order chi connectivity index (χ1) is 9.70. The number of hydrogen-bond acceptors (Lipinski definition) is 1. The molecule has 0 aromatic heterocycles. The molecule has 0 aliphatic rings. The molecule has 0 saturated heterocycles. The predicted octanol–water partition coefficient (Wildman–Crippen LogP) is 4.41. The molecule has 0 fully saturated rings. The highest BCUT2D eigenvalue weighted by Gasteiger charge is 2.09. The molecule has 3 aromatic carbocycles. The summed E-state index contributed by atoms with van der Waals surface area (Å²) in [4.78, 5) is 0. The minimum atomic E-state index is -0.180. The van der Waals surface area contributed by atoms with Gasteiger partial charge in [-0.15, -0.1) is 0 Å². The summed E-state index contributed by atoms with van der Waals surface area (Å²) in [6, 6.07) is 17.2. The van der Waals surface area contributed by atoms with Gasteiger partial charge in [-0.05, 0) is 40.6 Å². The molecule has 0 amide bonds. The number of hydrogen-bond donors (Lipinski definition) is 1. The average molecular weight is 265 g/mol. The maximum atomic E-state index is 13.9. The Morgan fingerprint density at radius 3 is 2.30 bits per heavy atom. The standard InChI is InChI=1S/C18H16FN/c1-12-10-13(11-20)6-7-14(12)16-8-9-18(19)17-5-3-2-4-15(16)17/h2-10H,11,20H2,1H3. The maximum Gasteiger partial charge on any atom is 0.131 e. The monoisotopic (exact) mass is 265 g/mol. The van der Waals surface area contributed by atoms with Gasteiger partial charge in [0.25, 0.3) is 0 Å². The van der Waals surface area contributed by atoms with Crippen LogP contribution in [0.5, 0.6) is 0 Å². The van der Waals surface area contributed by atoms with Crippen molar-refractivity contribution in [3.05, 3.63) is 71.5 Å². The van der Waals surface area contributed by atoms with Crippen molar-refractivity contribution in [2.75, 3.05) is 0 Å². The van der Waals surface area contributed by atoms with Gasteiger partial charge < -0.3 is 5.73 Å². The van der Waals surface area contributed by atoms with Gasteiger partial charge in [0.1, 0.15) is 5.82 Å². The molecule has 0 radical (unpaired) electrons. The summed E-state index contributed by atoms with van der Waals surface area (Å²) in [5.74, 6) is -0.180. The Bertz CT molecular complexity index is 777. The minimum absolute atomic E-state index is 0.180. The first-order valence-corrected chi connectivity index (χ1v) is 6.68. The van der Waals surface area contributed by atoms with Crippen LogP contribution in [-0.4, -0.2) is 0 Å². The molecule has 0 spiro atoms. The Morgan fingerprint density at radius 2 is 1.60 bits per heavy atom. The normalized spacial score (nSPS) is 10.9. The van der Waals surface area contributed by atoms with Gasteiger partial charge >= 0.3 is 0 Å². The molecule has 0 atom stereocenters. The van der Waals surface area contributed by atoms with E-state index in [9.17, 15) is 4.39 Å². The van der Waals surface area contributed by atoms with E-state index in [-0.39, 0.29) is 5.82 Å². The first-order valence-electron chi connectivity index (χ1n) is 6.68. The molecule has 20 heavy (non-hydrogen) atoms. The molecule has 1 nitrogen and oxygen atoms in total. The van der Waals surface area contributed by atoms with Gasteiger partial charge in [0.2, 0.25) is 0 Å². The van der Waals surface area contributed by atoms with Gasteiger partial charge in [-0.3, -0.25) is 0 Å². The third kappa shape index (κ3) is 2.08. The molecular weight excluding hydrogens is 249 g/mol. The van der Waals surface area contributed by atoms with E-state index in [1.165, 1.54) is 6.07 Å². The van der Waals surface area contributed by atoms with Gasteiger partial charge in [-0.1, -0.05) is 48.5 Å². The van der Waals surface area contributed by atoms with Gasteiger partial charge in [0.15, 0.2) is 0 Å². The molecule has 0 aliphatic heterocycles. The number of benzene rings is 3. The lowest BCUT2D eigenvalue weighted by Crippen LogP contribution is -1.97. The smallest absolute Gasteiger partial charge is 0.131 e. The number of aryl methyl sites for hydroxylation is 1. The zero-order valence-electron chi connectivity index (χ0n) is 11.4. The minimum Gasteiger partial charge on any atom is -0.326 e. The molecule has 0 saturated carbocycles. The molecular formula is C18H16FN. The van der Waals surface area contributed by atoms with E-state index in [0.717, 1.165) is 27.6 Å². The molecule has 3 rings (SSSR count). The van der Waals surface area contributed by atoms with Crippen LogP contribution in [0.4, 0.5) is 4.39 Å². The SMILES string of the molecule is Cc1cc(CN)ccc1-c1ccc(F)c2ccccc12. The first kappa shape index (κ1) is 12.8. The summed E-state index contributed by atoms with van der Waals surface area (Å²) in [6.45, 7) is 2.60. The van der Waals surface area contributed by atoms with Crippen molar-refractivity contribution in [2.45, 2.75) is 13.5 Å². The van der Waals surface area contributed by atoms with Crippen molar-refractivity contribution in [2.24, 2.45) is 5.73 Å². The van der Waals surface area contributed by atoms with Gasteiger partial charge in [0.05, 0.1) is 0 Å². The van der Waals surface area contributed by atoms with Crippen LogP contribution < -0.4 is 5.73 Å². The summed E-state index contributed by atoms with van der Waals surface area (Å²) < 4.78 is 13.9. The third-order valence-corrected chi connectivity index (χ3v) is 3.69. The quantitative estimate of drug-likeness (QED) is 0.729. The average Bonchev–Trinajstić information content (AvgIpc) is 2.48. The van der Waals surface area contributed by atoms with Crippen molar-refractivity contribution in [3.63, 3.8) is 0 Å². The zero-order chi connectivity index (χ0) is 14.1. The van der Waals surface area contributed by atoms with E-state index < -0.39 is 0 Å². The second-order valence-corrected chi connectivity index (χ2v) is 4.99. The van der Waals surface area contributed by atoms with E-state index in [0.29, 0.717) is 11.9 Å². The van der Waals surface area contributed by atoms with E-state index in [2.05, 4.69) is 19.1 Å². The van der Waals surface area contributed by atoms with Gasteiger partial charge in [-0.2, -0.15) is 0 Å². The fourth-order valence-corrected chi connectivity index (χ4v) is 2.65. The van der Waals surface area contributed by atoms with Crippen molar-refractivity contribution in [1.82, 2.24) is 0 Å². The van der Waals surface area contributed by atoms with Gasteiger partial charge in [0, 0.05) is 11.9 Å². The molecule has 0 aliphatic carbocycles. The molecule has 100 valence electrons. The van der Waals surface area contributed by atoms with E-state index in [1.54, 1.807) is 0 Å².